The third-order valence-corrected chi connectivity index (χ3v) is 5.59. The Bertz CT molecular complexity index is 574. The van der Waals surface area contributed by atoms with Gasteiger partial charge in [0.15, 0.2) is 11.5 Å². The topological polar surface area (TPSA) is 38.8 Å². The molecule has 2 aliphatic carbocycles. The van der Waals surface area contributed by atoms with Crippen LogP contribution in [0.3, 0.4) is 0 Å². The summed E-state index contributed by atoms with van der Waals surface area (Å²) in [7, 11) is 3.22. The second-order valence-electron chi connectivity index (χ2n) is 7.10. The molecule has 0 atom stereocenters. The van der Waals surface area contributed by atoms with E-state index in [-0.39, 0.29) is 5.91 Å². The molecule has 2 fully saturated rings. The van der Waals surface area contributed by atoms with Crippen molar-refractivity contribution in [3.63, 3.8) is 0 Å². The van der Waals surface area contributed by atoms with Crippen LogP contribution >= 0.6 is 0 Å². The molecule has 0 radical (unpaired) electrons. The first-order valence-corrected chi connectivity index (χ1v) is 9.22. The fourth-order valence-electron chi connectivity index (χ4n) is 3.93. The van der Waals surface area contributed by atoms with Crippen LogP contribution in [0.5, 0.6) is 11.5 Å². The smallest absolute Gasteiger partial charge is 0.254 e. The molecule has 1 aromatic rings. The van der Waals surface area contributed by atoms with Gasteiger partial charge in [-0.05, 0) is 62.6 Å². The van der Waals surface area contributed by atoms with E-state index in [1.807, 2.05) is 18.2 Å². The Balaban J connectivity index is 1.78. The summed E-state index contributed by atoms with van der Waals surface area (Å²) >= 11 is 0. The van der Waals surface area contributed by atoms with Crippen molar-refractivity contribution in [2.45, 2.75) is 64.0 Å². The number of hydrogen-bond donors (Lipinski definition) is 0. The van der Waals surface area contributed by atoms with E-state index in [1.54, 1.807) is 14.2 Å². The zero-order valence-corrected chi connectivity index (χ0v) is 15.1. The number of carbonyl (C=O) groups is 1. The highest BCUT2D eigenvalue weighted by Crippen LogP contribution is 2.38. The SMILES string of the molecule is CCC1CCC(N(C(=O)c2ccc(OC)c(OC)c2)C2CC2)CC1. The number of rotatable bonds is 6. The first kappa shape index (κ1) is 17.1. The highest BCUT2D eigenvalue weighted by atomic mass is 16.5. The van der Waals surface area contributed by atoms with Gasteiger partial charge in [0.25, 0.3) is 5.91 Å². The molecule has 1 amide bonds. The van der Waals surface area contributed by atoms with Gasteiger partial charge in [0.05, 0.1) is 14.2 Å². The molecule has 0 saturated heterocycles. The summed E-state index contributed by atoms with van der Waals surface area (Å²) in [5.74, 6) is 2.28. The highest BCUT2D eigenvalue weighted by Gasteiger charge is 2.39. The van der Waals surface area contributed by atoms with Crippen LogP contribution in [0.4, 0.5) is 0 Å². The molecule has 0 aromatic heterocycles. The molecule has 0 unspecified atom stereocenters. The standard InChI is InChI=1S/C20H29NO3/c1-4-14-5-8-16(9-6-14)21(17-10-11-17)20(22)15-7-12-18(23-2)19(13-15)24-3/h7,12-14,16-17H,4-6,8-11H2,1-3H3. The molecule has 2 saturated carbocycles. The van der Waals surface area contributed by atoms with Gasteiger partial charge in [-0.3, -0.25) is 4.79 Å². The lowest BCUT2D eigenvalue weighted by Gasteiger charge is -2.37. The summed E-state index contributed by atoms with van der Waals surface area (Å²) in [5, 5.41) is 0. The van der Waals surface area contributed by atoms with Crippen LogP contribution in [-0.4, -0.2) is 37.1 Å². The minimum atomic E-state index is 0.151. The van der Waals surface area contributed by atoms with E-state index in [9.17, 15) is 4.79 Å². The maximum absolute atomic E-state index is 13.2. The minimum Gasteiger partial charge on any atom is -0.493 e. The van der Waals surface area contributed by atoms with Crippen molar-refractivity contribution in [3.8, 4) is 11.5 Å². The van der Waals surface area contributed by atoms with Crippen molar-refractivity contribution < 1.29 is 14.3 Å². The molecule has 0 N–H and O–H groups in total. The van der Waals surface area contributed by atoms with E-state index in [0.29, 0.717) is 29.1 Å². The zero-order valence-electron chi connectivity index (χ0n) is 15.1. The maximum Gasteiger partial charge on any atom is 0.254 e. The molecule has 4 nitrogen and oxygen atoms in total. The average molecular weight is 331 g/mol. The normalized spacial score (nSPS) is 23.6. The lowest BCUT2D eigenvalue weighted by Crippen LogP contribution is -2.43. The fourth-order valence-corrected chi connectivity index (χ4v) is 3.93. The number of amides is 1. The Morgan fingerprint density at radius 1 is 1.00 bits per heavy atom. The minimum absolute atomic E-state index is 0.151. The number of benzene rings is 1. The van der Waals surface area contributed by atoms with Gasteiger partial charge in [0.2, 0.25) is 0 Å². The van der Waals surface area contributed by atoms with Gasteiger partial charge >= 0.3 is 0 Å². The van der Waals surface area contributed by atoms with Crippen LogP contribution in [-0.2, 0) is 0 Å². The molecule has 3 rings (SSSR count). The first-order valence-electron chi connectivity index (χ1n) is 9.22. The molecular weight excluding hydrogens is 302 g/mol. The van der Waals surface area contributed by atoms with Crippen molar-refractivity contribution in [1.29, 1.82) is 0 Å². The van der Waals surface area contributed by atoms with Crippen molar-refractivity contribution in [2.24, 2.45) is 5.92 Å². The van der Waals surface area contributed by atoms with E-state index in [2.05, 4.69) is 11.8 Å². The van der Waals surface area contributed by atoms with E-state index >= 15 is 0 Å². The van der Waals surface area contributed by atoms with Gasteiger partial charge < -0.3 is 14.4 Å². The fraction of sp³-hybridized carbons (Fsp3) is 0.650. The molecule has 1 aromatic carbocycles. The predicted octanol–water partition coefficient (Wildman–Crippen LogP) is 4.28. The van der Waals surface area contributed by atoms with Crippen LogP contribution in [0.25, 0.3) is 0 Å². The lowest BCUT2D eigenvalue weighted by atomic mass is 9.83. The third kappa shape index (κ3) is 3.52. The van der Waals surface area contributed by atoms with E-state index in [4.69, 9.17) is 9.47 Å². The van der Waals surface area contributed by atoms with Crippen LogP contribution in [0, 0.1) is 5.92 Å². The summed E-state index contributed by atoms with van der Waals surface area (Å²) in [6.07, 6.45) is 8.36. The summed E-state index contributed by atoms with van der Waals surface area (Å²) in [6, 6.07) is 6.34. The third-order valence-electron chi connectivity index (χ3n) is 5.59. The zero-order chi connectivity index (χ0) is 17.1. The van der Waals surface area contributed by atoms with Crippen molar-refractivity contribution in [1.82, 2.24) is 4.90 Å². The number of carbonyl (C=O) groups excluding carboxylic acids is 1. The number of nitrogens with zero attached hydrogens (tertiary/aromatic N) is 1. The van der Waals surface area contributed by atoms with Gasteiger partial charge in [-0.1, -0.05) is 13.3 Å². The molecule has 24 heavy (non-hydrogen) atoms. The summed E-state index contributed by atoms with van der Waals surface area (Å²) in [4.78, 5) is 15.3. The molecule has 132 valence electrons. The second-order valence-corrected chi connectivity index (χ2v) is 7.10. The predicted molar refractivity (Wildman–Crippen MR) is 94.8 cm³/mol. The van der Waals surface area contributed by atoms with Crippen LogP contribution in [0.1, 0.15) is 62.2 Å². The Morgan fingerprint density at radius 3 is 2.08 bits per heavy atom. The highest BCUT2D eigenvalue weighted by molar-refractivity contribution is 5.95. The Hall–Kier alpha value is -1.71. The average Bonchev–Trinajstić information content (AvgIpc) is 3.46. The van der Waals surface area contributed by atoms with Gasteiger partial charge in [0.1, 0.15) is 0 Å². The lowest BCUT2D eigenvalue weighted by molar-refractivity contribution is 0.0586. The molecule has 0 heterocycles. The van der Waals surface area contributed by atoms with E-state index in [1.165, 1.54) is 19.3 Å². The van der Waals surface area contributed by atoms with Crippen LogP contribution in [0.15, 0.2) is 18.2 Å². The molecule has 4 heteroatoms. The molecular formula is C20H29NO3. The maximum atomic E-state index is 13.2. The van der Waals surface area contributed by atoms with Gasteiger partial charge in [-0.15, -0.1) is 0 Å². The molecule has 2 aliphatic rings. The van der Waals surface area contributed by atoms with Gasteiger partial charge in [-0.2, -0.15) is 0 Å². The first-order chi connectivity index (χ1) is 11.7. The second kappa shape index (κ2) is 7.45. The monoisotopic (exact) mass is 331 g/mol. The molecule has 0 spiro atoms. The molecule has 0 bridgehead atoms. The Labute approximate surface area is 145 Å². The summed E-state index contributed by atoms with van der Waals surface area (Å²) in [6.45, 7) is 2.28. The van der Waals surface area contributed by atoms with Crippen LogP contribution in [0.2, 0.25) is 0 Å². The number of methoxy groups -OCH3 is 2. The Kier molecular flexibility index (Phi) is 5.32. The summed E-state index contributed by atoms with van der Waals surface area (Å²) < 4.78 is 10.6. The van der Waals surface area contributed by atoms with Crippen molar-refractivity contribution in [2.75, 3.05) is 14.2 Å². The van der Waals surface area contributed by atoms with Crippen LogP contribution < -0.4 is 9.47 Å². The van der Waals surface area contributed by atoms with Crippen molar-refractivity contribution >= 4 is 5.91 Å². The Morgan fingerprint density at radius 2 is 1.58 bits per heavy atom. The largest absolute Gasteiger partial charge is 0.493 e. The number of ether oxygens (including phenoxy) is 2. The van der Waals surface area contributed by atoms with Crippen molar-refractivity contribution in [3.05, 3.63) is 23.8 Å². The van der Waals surface area contributed by atoms with Gasteiger partial charge in [-0.25, -0.2) is 0 Å². The number of hydrogen-bond acceptors (Lipinski definition) is 3. The van der Waals surface area contributed by atoms with Gasteiger partial charge in [0, 0.05) is 17.6 Å². The molecule has 0 aliphatic heterocycles. The van der Waals surface area contributed by atoms with E-state index in [0.717, 1.165) is 31.6 Å². The quantitative estimate of drug-likeness (QED) is 0.781. The summed E-state index contributed by atoms with van der Waals surface area (Å²) in [5.41, 5.74) is 0.706. The van der Waals surface area contributed by atoms with E-state index < -0.39 is 0 Å².